The van der Waals surface area contributed by atoms with Crippen molar-refractivity contribution in [2.24, 2.45) is 0 Å². The van der Waals surface area contributed by atoms with Gasteiger partial charge in [-0.25, -0.2) is 9.48 Å². The van der Waals surface area contributed by atoms with Gasteiger partial charge in [-0.2, -0.15) is 0 Å². The fourth-order valence-corrected chi connectivity index (χ4v) is 2.60. The Morgan fingerprint density at radius 2 is 2.37 bits per heavy atom. The number of nitrogens with zero attached hydrogens (tertiary/aromatic N) is 3. The van der Waals surface area contributed by atoms with E-state index in [2.05, 4.69) is 17.2 Å². The van der Waals surface area contributed by atoms with Gasteiger partial charge in [-0.05, 0) is 31.9 Å². The Kier molecular flexibility index (Phi) is 2.74. The molecule has 19 heavy (non-hydrogen) atoms. The highest BCUT2D eigenvalue weighted by Gasteiger charge is 2.32. The minimum absolute atomic E-state index is 0.184. The van der Waals surface area contributed by atoms with Crippen molar-refractivity contribution in [3.8, 4) is 0 Å². The van der Waals surface area contributed by atoms with E-state index in [4.69, 9.17) is 9.84 Å². The Labute approximate surface area is 110 Å². The number of ether oxygens (including phenoxy) is 1. The number of carbonyl (C=O) groups is 1. The fraction of sp³-hybridized carbons (Fsp3) is 0.462. The number of aromatic nitrogens is 3. The summed E-state index contributed by atoms with van der Waals surface area (Å²) in [5, 5.41) is 17.4. The van der Waals surface area contributed by atoms with E-state index in [0.717, 1.165) is 25.0 Å². The van der Waals surface area contributed by atoms with Gasteiger partial charge in [-0.3, -0.25) is 0 Å². The number of benzene rings is 1. The molecule has 2 aromatic rings. The van der Waals surface area contributed by atoms with Crippen LogP contribution >= 0.6 is 0 Å². The Morgan fingerprint density at radius 3 is 3.05 bits per heavy atom. The average molecular weight is 261 g/mol. The molecule has 1 fully saturated rings. The summed E-state index contributed by atoms with van der Waals surface area (Å²) < 4.78 is 7.33. The zero-order valence-corrected chi connectivity index (χ0v) is 10.7. The van der Waals surface area contributed by atoms with Gasteiger partial charge in [0, 0.05) is 6.61 Å². The van der Waals surface area contributed by atoms with Crippen molar-refractivity contribution in [2.45, 2.75) is 25.3 Å². The quantitative estimate of drug-likeness (QED) is 0.889. The topological polar surface area (TPSA) is 77.2 Å². The van der Waals surface area contributed by atoms with Crippen LogP contribution in [0, 0.1) is 0 Å². The van der Waals surface area contributed by atoms with Crippen molar-refractivity contribution < 1.29 is 14.6 Å². The third-order valence-corrected chi connectivity index (χ3v) is 3.64. The summed E-state index contributed by atoms with van der Waals surface area (Å²) >= 11 is 0. The predicted octanol–water partition coefficient (Wildman–Crippen LogP) is 1.66. The van der Waals surface area contributed by atoms with Crippen LogP contribution in [0.5, 0.6) is 0 Å². The van der Waals surface area contributed by atoms with E-state index in [0.29, 0.717) is 12.1 Å². The summed E-state index contributed by atoms with van der Waals surface area (Å²) in [7, 11) is 0. The highest BCUT2D eigenvalue weighted by molar-refractivity contribution is 6.00. The van der Waals surface area contributed by atoms with Crippen LogP contribution in [0.15, 0.2) is 18.2 Å². The van der Waals surface area contributed by atoms with Gasteiger partial charge in [0.25, 0.3) is 0 Å². The maximum atomic E-state index is 11.2. The standard InChI is InChI=1S/C13H15N3O3/c1-13(6-3-7-19-8-13)16-10-5-2-4-9(12(17)18)11(10)14-15-16/h2,4-5H,3,6-8H2,1H3,(H,17,18). The maximum Gasteiger partial charge on any atom is 0.338 e. The summed E-state index contributed by atoms with van der Waals surface area (Å²) in [6.45, 7) is 3.40. The molecule has 2 heterocycles. The Morgan fingerprint density at radius 1 is 1.53 bits per heavy atom. The van der Waals surface area contributed by atoms with Crippen molar-refractivity contribution in [1.29, 1.82) is 0 Å². The molecule has 1 aromatic heterocycles. The lowest BCUT2D eigenvalue weighted by Crippen LogP contribution is -2.39. The molecule has 0 radical (unpaired) electrons. The van der Waals surface area contributed by atoms with E-state index >= 15 is 0 Å². The van der Waals surface area contributed by atoms with Crippen LogP contribution in [0.2, 0.25) is 0 Å². The SMILES string of the molecule is CC1(n2nnc3c(C(=O)O)cccc32)CCCOC1. The van der Waals surface area contributed by atoms with E-state index in [-0.39, 0.29) is 11.1 Å². The molecule has 1 atom stereocenters. The maximum absolute atomic E-state index is 11.2. The van der Waals surface area contributed by atoms with Crippen molar-refractivity contribution in [1.82, 2.24) is 15.0 Å². The molecular formula is C13H15N3O3. The molecule has 3 rings (SSSR count). The van der Waals surface area contributed by atoms with Gasteiger partial charge in [0.2, 0.25) is 0 Å². The van der Waals surface area contributed by atoms with Gasteiger partial charge in [-0.1, -0.05) is 11.3 Å². The molecule has 6 nitrogen and oxygen atoms in total. The Bertz CT molecular complexity index is 629. The number of aromatic carboxylic acids is 1. The van der Waals surface area contributed by atoms with Crippen LogP contribution < -0.4 is 0 Å². The minimum atomic E-state index is -0.984. The summed E-state index contributed by atoms with van der Waals surface area (Å²) in [6, 6.07) is 5.11. The third-order valence-electron chi connectivity index (χ3n) is 3.64. The van der Waals surface area contributed by atoms with E-state index in [9.17, 15) is 4.79 Å². The number of fused-ring (bicyclic) bond motifs is 1. The van der Waals surface area contributed by atoms with Crippen LogP contribution in [0.4, 0.5) is 0 Å². The minimum Gasteiger partial charge on any atom is -0.478 e. The Balaban J connectivity index is 2.15. The third kappa shape index (κ3) is 1.88. The average Bonchev–Trinajstić information content (AvgIpc) is 2.83. The summed E-state index contributed by atoms with van der Waals surface area (Å²) in [5.41, 5.74) is 1.10. The highest BCUT2D eigenvalue weighted by Crippen LogP contribution is 2.29. The molecule has 1 aromatic carbocycles. The molecule has 0 bridgehead atoms. The number of carboxylic acid groups (broad SMARTS) is 1. The van der Waals surface area contributed by atoms with E-state index in [1.54, 1.807) is 16.8 Å². The van der Waals surface area contributed by atoms with Crippen molar-refractivity contribution >= 4 is 17.0 Å². The number of hydrogen-bond donors (Lipinski definition) is 1. The molecular weight excluding hydrogens is 246 g/mol. The molecule has 0 amide bonds. The van der Waals surface area contributed by atoms with E-state index < -0.39 is 5.97 Å². The highest BCUT2D eigenvalue weighted by atomic mass is 16.5. The largest absolute Gasteiger partial charge is 0.478 e. The molecule has 0 aliphatic carbocycles. The van der Waals surface area contributed by atoms with Gasteiger partial charge < -0.3 is 9.84 Å². The Hall–Kier alpha value is -1.95. The first-order chi connectivity index (χ1) is 9.12. The summed E-state index contributed by atoms with van der Waals surface area (Å²) in [6.07, 6.45) is 1.92. The van der Waals surface area contributed by atoms with Gasteiger partial charge >= 0.3 is 5.97 Å². The number of rotatable bonds is 2. The fourth-order valence-electron chi connectivity index (χ4n) is 2.60. The van der Waals surface area contributed by atoms with Gasteiger partial charge in [0.15, 0.2) is 0 Å². The molecule has 1 unspecified atom stereocenters. The monoisotopic (exact) mass is 261 g/mol. The molecule has 6 heteroatoms. The first kappa shape index (κ1) is 12.1. The molecule has 0 spiro atoms. The van der Waals surface area contributed by atoms with Crippen LogP contribution in [-0.2, 0) is 10.3 Å². The van der Waals surface area contributed by atoms with Crippen LogP contribution in [0.3, 0.4) is 0 Å². The molecule has 0 saturated carbocycles. The van der Waals surface area contributed by atoms with Crippen LogP contribution in [-0.4, -0.2) is 39.3 Å². The van der Waals surface area contributed by atoms with Crippen molar-refractivity contribution in [3.05, 3.63) is 23.8 Å². The molecule has 1 aliphatic heterocycles. The first-order valence-corrected chi connectivity index (χ1v) is 6.28. The summed E-state index contributed by atoms with van der Waals surface area (Å²) in [4.78, 5) is 11.2. The lowest BCUT2D eigenvalue weighted by Gasteiger charge is -2.33. The zero-order chi connectivity index (χ0) is 13.5. The van der Waals surface area contributed by atoms with Crippen LogP contribution in [0.1, 0.15) is 30.1 Å². The van der Waals surface area contributed by atoms with Crippen molar-refractivity contribution in [3.63, 3.8) is 0 Å². The second kappa shape index (κ2) is 4.31. The zero-order valence-electron chi connectivity index (χ0n) is 10.7. The molecule has 1 N–H and O–H groups in total. The summed E-state index contributed by atoms with van der Waals surface area (Å²) in [5.74, 6) is -0.984. The lowest BCUT2D eigenvalue weighted by molar-refractivity contribution is 0.00484. The predicted molar refractivity (Wildman–Crippen MR) is 68.2 cm³/mol. The second-order valence-corrected chi connectivity index (χ2v) is 5.13. The lowest BCUT2D eigenvalue weighted by atomic mass is 9.95. The van der Waals surface area contributed by atoms with E-state index in [1.165, 1.54) is 0 Å². The second-order valence-electron chi connectivity index (χ2n) is 5.13. The number of hydrogen-bond acceptors (Lipinski definition) is 4. The van der Waals surface area contributed by atoms with Crippen molar-refractivity contribution in [2.75, 3.05) is 13.2 Å². The smallest absolute Gasteiger partial charge is 0.338 e. The normalized spacial score (nSPS) is 23.6. The van der Waals surface area contributed by atoms with Gasteiger partial charge in [-0.15, -0.1) is 5.10 Å². The van der Waals surface area contributed by atoms with E-state index in [1.807, 2.05) is 6.07 Å². The first-order valence-electron chi connectivity index (χ1n) is 6.28. The van der Waals surface area contributed by atoms with Gasteiger partial charge in [0.05, 0.1) is 23.2 Å². The van der Waals surface area contributed by atoms with Crippen LogP contribution in [0.25, 0.3) is 11.0 Å². The number of carboxylic acids is 1. The molecule has 1 saturated heterocycles. The molecule has 1 aliphatic rings. The van der Waals surface area contributed by atoms with Gasteiger partial charge in [0.1, 0.15) is 5.52 Å². The molecule has 100 valence electrons.